The average Bonchev–Trinajstić information content (AvgIpc) is 2.67. The monoisotopic (exact) mass is 249 g/mol. The van der Waals surface area contributed by atoms with Gasteiger partial charge in [0.05, 0.1) is 11.4 Å². The number of aromatic nitrogens is 2. The molecule has 0 spiro atoms. The summed E-state index contributed by atoms with van der Waals surface area (Å²) in [5.74, 6) is 0.923. The van der Waals surface area contributed by atoms with Crippen LogP contribution in [-0.4, -0.2) is 9.97 Å². The van der Waals surface area contributed by atoms with Crippen LogP contribution in [0, 0.1) is 6.92 Å². The highest BCUT2D eigenvalue weighted by molar-refractivity contribution is 6.30. The van der Waals surface area contributed by atoms with Crippen LogP contribution in [0.5, 0.6) is 0 Å². The molecule has 2 rings (SSSR count). The lowest BCUT2D eigenvalue weighted by atomic mass is 10.1. The van der Waals surface area contributed by atoms with Crippen molar-refractivity contribution in [1.29, 1.82) is 0 Å². The molecule has 90 valence electrons. The SMILES string of the molecule is Cc1nc(CCc2cccc(Cl)c2)c(CN)[nH]1. The molecule has 17 heavy (non-hydrogen) atoms. The minimum absolute atomic E-state index is 0.506. The minimum Gasteiger partial charge on any atom is -0.345 e. The van der Waals surface area contributed by atoms with E-state index in [-0.39, 0.29) is 0 Å². The summed E-state index contributed by atoms with van der Waals surface area (Å²) in [6.07, 6.45) is 1.81. The molecule has 2 aromatic rings. The van der Waals surface area contributed by atoms with Gasteiger partial charge < -0.3 is 10.7 Å². The minimum atomic E-state index is 0.506. The number of nitrogens with two attached hydrogens (primary N) is 1. The van der Waals surface area contributed by atoms with Crippen molar-refractivity contribution in [3.8, 4) is 0 Å². The second-order valence-electron chi connectivity index (χ2n) is 4.08. The summed E-state index contributed by atoms with van der Waals surface area (Å²) < 4.78 is 0. The standard InChI is InChI=1S/C13H16ClN3/c1-9-16-12(13(8-15)17-9)6-5-10-3-2-4-11(14)7-10/h2-4,7H,5-6,8,15H2,1H3,(H,16,17). The van der Waals surface area contributed by atoms with Crippen LogP contribution in [0.1, 0.15) is 22.8 Å². The Hall–Kier alpha value is -1.32. The summed E-state index contributed by atoms with van der Waals surface area (Å²) >= 11 is 5.95. The molecule has 0 amide bonds. The number of halogens is 1. The molecule has 0 aliphatic carbocycles. The van der Waals surface area contributed by atoms with Crippen molar-refractivity contribution in [1.82, 2.24) is 9.97 Å². The van der Waals surface area contributed by atoms with Crippen LogP contribution >= 0.6 is 11.6 Å². The number of hydrogen-bond acceptors (Lipinski definition) is 2. The molecule has 0 aliphatic heterocycles. The number of imidazole rings is 1. The van der Waals surface area contributed by atoms with Gasteiger partial charge in [0, 0.05) is 11.6 Å². The van der Waals surface area contributed by atoms with E-state index in [9.17, 15) is 0 Å². The Balaban J connectivity index is 2.06. The smallest absolute Gasteiger partial charge is 0.103 e. The highest BCUT2D eigenvalue weighted by Crippen LogP contribution is 2.14. The van der Waals surface area contributed by atoms with Gasteiger partial charge in [0.25, 0.3) is 0 Å². The molecule has 0 fully saturated rings. The van der Waals surface area contributed by atoms with Crippen molar-refractivity contribution in [2.45, 2.75) is 26.3 Å². The summed E-state index contributed by atoms with van der Waals surface area (Å²) in [6.45, 7) is 2.45. The molecule has 0 unspecified atom stereocenters. The molecule has 3 N–H and O–H groups in total. The zero-order valence-corrected chi connectivity index (χ0v) is 10.6. The van der Waals surface area contributed by atoms with Crippen LogP contribution in [0.2, 0.25) is 5.02 Å². The predicted octanol–water partition coefficient (Wildman–Crippen LogP) is 2.62. The van der Waals surface area contributed by atoms with Gasteiger partial charge in [-0.3, -0.25) is 0 Å². The summed E-state index contributed by atoms with van der Waals surface area (Å²) in [7, 11) is 0. The topological polar surface area (TPSA) is 54.7 Å². The van der Waals surface area contributed by atoms with Gasteiger partial charge in [0.1, 0.15) is 5.82 Å². The van der Waals surface area contributed by atoms with Gasteiger partial charge in [-0.15, -0.1) is 0 Å². The molecule has 0 saturated carbocycles. The van der Waals surface area contributed by atoms with E-state index in [4.69, 9.17) is 17.3 Å². The van der Waals surface area contributed by atoms with Gasteiger partial charge >= 0.3 is 0 Å². The summed E-state index contributed by atoms with van der Waals surface area (Å²) in [4.78, 5) is 7.63. The van der Waals surface area contributed by atoms with Crippen LogP contribution in [0.4, 0.5) is 0 Å². The van der Waals surface area contributed by atoms with E-state index >= 15 is 0 Å². The Morgan fingerprint density at radius 1 is 1.35 bits per heavy atom. The molecular formula is C13H16ClN3. The van der Waals surface area contributed by atoms with Gasteiger partial charge in [-0.25, -0.2) is 4.98 Å². The normalized spacial score (nSPS) is 10.8. The number of nitrogens with one attached hydrogen (secondary N) is 1. The molecule has 1 aromatic carbocycles. The van der Waals surface area contributed by atoms with Gasteiger partial charge in [-0.2, -0.15) is 0 Å². The number of rotatable bonds is 4. The lowest BCUT2D eigenvalue weighted by Gasteiger charge is -2.02. The van der Waals surface area contributed by atoms with Gasteiger partial charge in [0.15, 0.2) is 0 Å². The summed E-state index contributed by atoms with van der Waals surface area (Å²) in [5, 5.41) is 0.778. The number of nitrogens with zero attached hydrogens (tertiary/aromatic N) is 1. The Kier molecular flexibility index (Phi) is 3.82. The van der Waals surface area contributed by atoms with Crippen LogP contribution in [0.25, 0.3) is 0 Å². The van der Waals surface area contributed by atoms with Gasteiger partial charge in [-0.1, -0.05) is 23.7 Å². The van der Waals surface area contributed by atoms with Crippen LogP contribution in [0.15, 0.2) is 24.3 Å². The van der Waals surface area contributed by atoms with Crippen molar-refractivity contribution in [3.63, 3.8) is 0 Å². The molecule has 0 radical (unpaired) electrons. The number of aryl methyl sites for hydroxylation is 3. The van der Waals surface area contributed by atoms with E-state index in [1.165, 1.54) is 5.56 Å². The van der Waals surface area contributed by atoms with Crippen molar-refractivity contribution in [2.75, 3.05) is 0 Å². The predicted molar refractivity (Wildman–Crippen MR) is 70.1 cm³/mol. The largest absolute Gasteiger partial charge is 0.345 e. The first kappa shape index (κ1) is 12.1. The van der Waals surface area contributed by atoms with E-state index in [2.05, 4.69) is 16.0 Å². The van der Waals surface area contributed by atoms with E-state index in [0.717, 1.165) is 35.1 Å². The second-order valence-corrected chi connectivity index (χ2v) is 4.52. The lowest BCUT2D eigenvalue weighted by molar-refractivity contribution is 0.884. The van der Waals surface area contributed by atoms with Crippen molar-refractivity contribution in [2.24, 2.45) is 5.73 Å². The molecule has 0 bridgehead atoms. The van der Waals surface area contributed by atoms with E-state index in [1.807, 2.05) is 25.1 Å². The molecule has 0 atom stereocenters. The zero-order chi connectivity index (χ0) is 12.3. The molecule has 1 heterocycles. The number of aromatic amines is 1. The fraction of sp³-hybridized carbons (Fsp3) is 0.308. The quantitative estimate of drug-likeness (QED) is 0.875. The first-order valence-corrected chi connectivity index (χ1v) is 6.05. The van der Waals surface area contributed by atoms with Crippen molar-refractivity contribution >= 4 is 11.6 Å². The third-order valence-electron chi connectivity index (χ3n) is 2.73. The van der Waals surface area contributed by atoms with Crippen molar-refractivity contribution < 1.29 is 0 Å². The first-order chi connectivity index (χ1) is 8.19. The number of benzene rings is 1. The lowest BCUT2D eigenvalue weighted by Crippen LogP contribution is -2.02. The first-order valence-electron chi connectivity index (χ1n) is 5.68. The third kappa shape index (κ3) is 3.08. The van der Waals surface area contributed by atoms with E-state index in [0.29, 0.717) is 6.54 Å². The second kappa shape index (κ2) is 5.34. The Morgan fingerprint density at radius 3 is 2.88 bits per heavy atom. The van der Waals surface area contributed by atoms with Crippen LogP contribution in [-0.2, 0) is 19.4 Å². The van der Waals surface area contributed by atoms with Crippen LogP contribution < -0.4 is 5.73 Å². The third-order valence-corrected chi connectivity index (χ3v) is 2.96. The number of hydrogen-bond donors (Lipinski definition) is 2. The summed E-state index contributed by atoms with van der Waals surface area (Å²) in [5.41, 5.74) is 8.98. The van der Waals surface area contributed by atoms with Crippen molar-refractivity contribution in [3.05, 3.63) is 52.1 Å². The Bertz CT molecular complexity index is 505. The molecular weight excluding hydrogens is 234 g/mol. The molecule has 0 aliphatic rings. The maximum absolute atomic E-state index is 5.95. The van der Waals surface area contributed by atoms with E-state index in [1.54, 1.807) is 0 Å². The molecule has 4 heteroatoms. The van der Waals surface area contributed by atoms with Crippen LogP contribution in [0.3, 0.4) is 0 Å². The van der Waals surface area contributed by atoms with E-state index < -0.39 is 0 Å². The number of H-pyrrole nitrogens is 1. The Morgan fingerprint density at radius 2 is 2.18 bits per heavy atom. The summed E-state index contributed by atoms with van der Waals surface area (Å²) in [6, 6.07) is 7.92. The van der Waals surface area contributed by atoms with Gasteiger partial charge in [0.2, 0.25) is 0 Å². The average molecular weight is 250 g/mol. The molecule has 1 aromatic heterocycles. The maximum atomic E-state index is 5.95. The fourth-order valence-corrected chi connectivity index (χ4v) is 2.13. The fourth-order valence-electron chi connectivity index (χ4n) is 1.92. The molecule has 0 saturated heterocycles. The molecule has 3 nitrogen and oxygen atoms in total. The highest BCUT2D eigenvalue weighted by atomic mass is 35.5. The zero-order valence-electron chi connectivity index (χ0n) is 9.83. The van der Waals surface area contributed by atoms with Gasteiger partial charge in [-0.05, 0) is 37.5 Å². The highest BCUT2D eigenvalue weighted by Gasteiger charge is 2.06. The maximum Gasteiger partial charge on any atom is 0.103 e. The Labute approximate surface area is 106 Å².